The molecule has 6 amide bonds. The molecule has 0 aromatic rings. The van der Waals surface area contributed by atoms with E-state index in [1.165, 1.54) is 21.6 Å². The first-order valence-corrected chi connectivity index (χ1v) is 15.9. The Kier molecular flexibility index (Phi) is 12.2. The molecule has 0 spiro atoms. The van der Waals surface area contributed by atoms with Crippen LogP contribution in [0.4, 0.5) is 4.79 Å². The van der Waals surface area contributed by atoms with Crippen LogP contribution in [0.25, 0.3) is 0 Å². The van der Waals surface area contributed by atoms with Crippen molar-refractivity contribution >= 4 is 69.0 Å². The van der Waals surface area contributed by atoms with E-state index in [4.69, 9.17) is 4.84 Å². The second kappa shape index (κ2) is 15.3. The molecular weight excluding hydrogens is 542 g/mol. The Morgan fingerprint density at radius 3 is 2.27 bits per heavy atom. The standard InChI is InChI=1S/C22H33N5O7S3/c28-16(4-2-1-3-15-21-14(13-35-15)25-22(33)26-21)23-9-10-24-17(29)7-11-36-37-12-8-20(32)34-27-18(30)5-6-19(27)31/h14-15,21H,1-13H2,(H,23,28)(H,24,29)(H2,25,26,33)/t14-,15-,21+/m0/s1. The number of nitrogens with one attached hydrogen (secondary N) is 4. The predicted molar refractivity (Wildman–Crippen MR) is 141 cm³/mol. The number of thioether (sulfide) groups is 1. The topological polar surface area (TPSA) is 163 Å². The summed E-state index contributed by atoms with van der Waals surface area (Å²) in [6, 6.07) is 0.324. The second-order valence-corrected chi connectivity index (χ2v) is 12.7. The summed E-state index contributed by atoms with van der Waals surface area (Å²) in [7, 11) is 2.85. The zero-order chi connectivity index (χ0) is 26.6. The van der Waals surface area contributed by atoms with Crippen molar-refractivity contribution in [3.63, 3.8) is 0 Å². The molecule has 3 heterocycles. The number of amides is 6. The van der Waals surface area contributed by atoms with E-state index in [0.29, 0.717) is 47.8 Å². The van der Waals surface area contributed by atoms with Crippen molar-refractivity contribution in [2.24, 2.45) is 0 Å². The van der Waals surface area contributed by atoms with Gasteiger partial charge in [-0.25, -0.2) is 9.59 Å². The summed E-state index contributed by atoms with van der Waals surface area (Å²) in [6.07, 6.45) is 3.61. The summed E-state index contributed by atoms with van der Waals surface area (Å²) >= 11 is 1.87. The van der Waals surface area contributed by atoms with Crippen molar-refractivity contribution in [1.82, 2.24) is 26.3 Å². The number of hydrogen-bond donors (Lipinski definition) is 4. The molecule has 0 aromatic carbocycles. The van der Waals surface area contributed by atoms with Crippen LogP contribution < -0.4 is 21.3 Å². The zero-order valence-corrected chi connectivity index (χ0v) is 22.9. The highest BCUT2D eigenvalue weighted by Crippen LogP contribution is 2.33. The summed E-state index contributed by atoms with van der Waals surface area (Å²) in [5, 5.41) is 12.4. The van der Waals surface area contributed by atoms with Crippen molar-refractivity contribution in [2.75, 3.05) is 30.3 Å². The van der Waals surface area contributed by atoms with Gasteiger partial charge in [-0.15, -0.1) is 5.06 Å². The van der Waals surface area contributed by atoms with Crippen molar-refractivity contribution in [2.45, 2.75) is 68.7 Å². The van der Waals surface area contributed by atoms with Gasteiger partial charge in [-0.1, -0.05) is 28.0 Å². The fourth-order valence-corrected chi connectivity index (χ4v) is 7.54. The molecule has 0 bridgehead atoms. The van der Waals surface area contributed by atoms with E-state index < -0.39 is 17.8 Å². The summed E-state index contributed by atoms with van der Waals surface area (Å²) < 4.78 is 0. The number of hydrogen-bond acceptors (Lipinski definition) is 10. The van der Waals surface area contributed by atoms with Crippen LogP contribution >= 0.6 is 33.3 Å². The molecule has 4 N–H and O–H groups in total. The number of rotatable bonds is 16. The number of fused-ring (bicyclic) bond motifs is 1. The summed E-state index contributed by atoms with van der Waals surface area (Å²) in [6.45, 7) is 0.729. The van der Waals surface area contributed by atoms with E-state index >= 15 is 0 Å². The number of unbranched alkanes of at least 4 members (excludes halogenated alkanes) is 1. The third-order valence-electron chi connectivity index (χ3n) is 5.93. The van der Waals surface area contributed by atoms with Gasteiger partial charge in [0.2, 0.25) is 11.8 Å². The lowest BCUT2D eigenvalue weighted by molar-refractivity contribution is -0.197. The maximum absolute atomic E-state index is 12.0. The van der Waals surface area contributed by atoms with Crippen molar-refractivity contribution in [3.8, 4) is 0 Å². The van der Waals surface area contributed by atoms with Crippen molar-refractivity contribution < 1.29 is 33.6 Å². The Labute approximate surface area is 227 Å². The molecule has 206 valence electrons. The Morgan fingerprint density at radius 2 is 1.57 bits per heavy atom. The predicted octanol–water partition coefficient (Wildman–Crippen LogP) is 0.713. The molecule has 0 saturated carbocycles. The first kappa shape index (κ1) is 29.4. The van der Waals surface area contributed by atoms with Crippen LogP contribution in [-0.2, 0) is 28.8 Å². The average Bonchev–Trinajstić information content (AvgIpc) is 3.51. The fourth-order valence-electron chi connectivity index (χ4n) is 4.04. The van der Waals surface area contributed by atoms with Gasteiger partial charge in [0, 0.05) is 61.3 Å². The minimum absolute atomic E-state index is 0.0361. The number of urea groups is 1. The smallest absolute Gasteiger partial charge is 0.334 e. The minimum Gasteiger partial charge on any atom is -0.354 e. The Hall–Kier alpha value is -2.13. The lowest BCUT2D eigenvalue weighted by Crippen LogP contribution is -2.36. The van der Waals surface area contributed by atoms with Crippen molar-refractivity contribution in [1.29, 1.82) is 0 Å². The van der Waals surface area contributed by atoms with Gasteiger partial charge in [-0.3, -0.25) is 19.2 Å². The highest BCUT2D eigenvalue weighted by Gasteiger charge is 2.42. The van der Waals surface area contributed by atoms with E-state index in [1.807, 2.05) is 11.8 Å². The Morgan fingerprint density at radius 1 is 0.919 bits per heavy atom. The quantitative estimate of drug-likeness (QED) is 0.0892. The second-order valence-electron chi connectivity index (χ2n) is 8.76. The largest absolute Gasteiger partial charge is 0.354 e. The first-order chi connectivity index (χ1) is 17.8. The average molecular weight is 576 g/mol. The molecule has 3 aliphatic heterocycles. The molecule has 3 aliphatic rings. The van der Waals surface area contributed by atoms with Crippen molar-refractivity contribution in [3.05, 3.63) is 0 Å². The van der Waals surface area contributed by atoms with Crippen LogP contribution in [0.2, 0.25) is 0 Å². The van der Waals surface area contributed by atoms with Gasteiger partial charge in [-0.05, 0) is 12.8 Å². The number of imide groups is 1. The monoisotopic (exact) mass is 575 g/mol. The van der Waals surface area contributed by atoms with Gasteiger partial charge in [0.1, 0.15) is 0 Å². The maximum Gasteiger partial charge on any atom is 0.334 e. The van der Waals surface area contributed by atoms with Gasteiger partial charge in [0.15, 0.2) is 0 Å². The van der Waals surface area contributed by atoms with Crippen LogP contribution in [-0.4, -0.2) is 88.4 Å². The molecule has 3 atom stereocenters. The molecule has 0 aliphatic carbocycles. The number of carbonyl (C=O) groups excluding carboxylic acids is 6. The molecule has 37 heavy (non-hydrogen) atoms. The fraction of sp³-hybridized carbons (Fsp3) is 0.727. The van der Waals surface area contributed by atoms with Gasteiger partial charge < -0.3 is 26.1 Å². The van der Waals surface area contributed by atoms with E-state index in [2.05, 4.69) is 21.3 Å². The van der Waals surface area contributed by atoms with E-state index in [-0.39, 0.29) is 49.2 Å². The molecule has 0 radical (unpaired) electrons. The molecular formula is C22H33N5O7S3. The SMILES string of the molecule is O=C(CCCC[C@@H]1SC[C@@H]2NC(=O)N[C@H]21)NCCNC(=O)CCSSCCC(=O)ON1C(=O)CCC1=O. The van der Waals surface area contributed by atoms with E-state index in [1.54, 1.807) is 0 Å². The first-order valence-electron chi connectivity index (χ1n) is 12.4. The van der Waals surface area contributed by atoms with E-state index in [0.717, 1.165) is 25.0 Å². The van der Waals surface area contributed by atoms with Crippen LogP contribution in [0.3, 0.4) is 0 Å². The summed E-state index contributed by atoms with van der Waals surface area (Å²) in [5.41, 5.74) is 0. The third kappa shape index (κ3) is 9.93. The highest BCUT2D eigenvalue weighted by molar-refractivity contribution is 8.76. The molecule has 3 fully saturated rings. The van der Waals surface area contributed by atoms with Crippen LogP contribution in [0, 0.1) is 0 Å². The third-order valence-corrected chi connectivity index (χ3v) is 9.85. The molecule has 0 unspecified atom stereocenters. The van der Waals surface area contributed by atoms with Gasteiger partial charge in [-0.2, -0.15) is 11.8 Å². The Balaban J connectivity index is 1.09. The normalized spacial score (nSPS) is 22.4. The number of nitrogens with zero attached hydrogens (tertiary/aromatic N) is 1. The van der Waals surface area contributed by atoms with Gasteiger partial charge >= 0.3 is 12.0 Å². The highest BCUT2D eigenvalue weighted by atomic mass is 33.1. The number of carbonyl (C=O) groups is 6. The molecule has 12 nitrogen and oxygen atoms in total. The molecule has 3 saturated heterocycles. The molecule has 15 heteroatoms. The van der Waals surface area contributed by atoms with Crippen LogP contribution in [0.5, 0.6) is 0 Å². The summed E-state index contributed by atoms with van der Waals surface area (Å²) in [5.74, 6) is 0.125. The molecule has 0 aromatic heterocycles. The van der Waals surface area contributed by atoms with Crippen LogP contribution in [0.15, 0.2) is 0 Å². The van der Waals surface area contributed by atoms with E-state index in [9.17, 15) is 28.8 Å². The van der Waals surface area contributed by atoms with Gasteiger partial charge in [0.25, 0.3) is 11.8 Å². The number of hydroxylamine groups is 2. The maximum atomic E-state index is 12.0. The molecule has 3 rings (SSSR count). The van der Waals surface area contributed by atoms with Crippen LogP contribution in [0.1, 0.15) is 51.4 Å². The lowest BCUT2D eigenvalue weighted by Gasteiger charge is -2.16. The van der Waals surface area contributed by atoms with Gasteiger partial charge in [0.05, 0.1) is 18.5 Å². The Bertz CT molecular complexity index is 862. The minimum atomic E-state index is -0.640. The lowest BCUT2D eigenvalue weighted by atomic mass is 10.0. The summed E-state index contributed by atoms with van der Waals surface area (Å²) in [4.78, 5) is 74.6. The zero-order valence-electron chi connectivity index (χ0n) is 20.5.